The summed E-state index contributed by atoms with van der Waals surface area (Å²) in [6, 6.07) is 6.43. The van der Waals surface area contributed by atoms with Crippen LogP contribution in [0.2, 0.25) is 0 Å². The van der Waals surface area contributed by atoms with Crippen LogP contribution in [0.5, 0.6) is 5.75 Å². The van der Waals surface area contributed by atoms with Gasteiger partial charge >= 0.3 is 0 Å². The Bertz CT molecular complexity index is 334. The van der Waals surface area contributed by atoms with Gasteiger partial charge in [0.1, 0.15) is 5.75 Å². The number of ether oxygens (including phenoxy) is 2. The first-order chi connectivity index (χ1) is 7.67. The van der Waals surface area contributed by atoms with Crippen LogP contribution in [0.15, 0.2) is 22.7 Å². The second-order valence-electron chi connectivity index (χ2n) is 3.71. The second kappa shape index (κ2) is 8.91. The predicted octanol–water partition coefficient (Wildman–Crippen LogP) is 3.16. The summed E-state index contributed by atoms with van der Waals surface area (Å²) in [4.78, 5) is 0. The van der Waals surface area contributed by atoms with Crippen LogP contribution >= 0.6 is 32.9 Å². The van der Waals surface area contributed by atoms with Crippen molar-refractivity contribution in [1.29, 1.82) is 0 Å². The lowest BCUT2D eigenvalue weighted by atomic mass is 10.2. The third-order valence-corrected chi connectivity index (χ3v) is 2.91. The molecule has 3 nitrogen and oxygen atoms in total. The maximum Gasteiger partial charge on any atom is 0.133 e. The van der Waals surface area contributed by atoms with E-state index in [-0.39, 0.29) is 17.0 Å². The molecule has 1 atom stereocenters. The summed E-state index contributed by atoms with van der Waals surface area (Å²) < 4.78 is 11.2. The van der Waals surface area contributed by atoms with Gasteiger partial charge < -0.3 is 14.8 Å². The summed E-state index contributed by atoms with van der Waals surface area (Å²) >= 11 is 3.47. The van der Waals surface area contributed by atoms with Gasteiger partial charge in [0, 0.05) is 19.7 Å². The van der Waals surface area contributed by atoms with E-state index < -0.39 is 0 Å². The summed E-state index contributed by atoms with van der Waals surface area (Å²) in [5.74, 6) is 0.855. The molecule has 1 unspecified atom stereocenters. The minimum Gasteiger partial charge on any atom is -0.496 e. The number of benzene rings is 1. The Hall–Kier alpha value is -0.100. The highest BCUT2D eigenvalue weighted by Crippen LogP contribution is 2.25. The third kappa shape index (κ3) is 5.86. The fourth-order valence-electron chi connectivity index (χ4n) is 1.42. The highest BCUT2D eigenvalue weighted by atomic mass is 79.9. The maximum atomic E-state index is 5.18. The quantitative estimate of drug-likeness (QED) is 0.836. The second-order valence-corrected chi connectivity index (χ2v) is 4.56. The standard InChI is InChI=1S/C12H18BrNO2.BrH/c1-9(8-15-2)14-7-10-4-5-12(16-3)11(13)6-10;/h4-6,9,14H,7-8H2,1-3H3;1H. The number of hydrogen-bond acceptors (Lipinski definition) is 3. The van der Waals surface area contributed by atoms with Crippen LogP contribution in [0.25, 0.3) is 0 Å². The fraction of sp³-hybridized carbons (Fsp3) is 0.500. The normalized spacial score (nSPS) is 11.8. The SMILES string of the molecule is Br.COCC(C)NCc1ccc(OC)c(Br)c1. The van der Waals surface area contributed by atoms with Gasteiger partial charge in [0.25, 0.3) is 0 Å². The van der Waals surface area contributed by atoms with E-state index in [0.29, 0.717) is 6.04 Å². The van der Waals surface area contributed by atoms with Crippen LogP contribution < -0.4 is 10.1 Å². The maximum absolute atomic E-state index is 5.18. The molecule has 98 valence electrons. The van der Waals surface area contributed by atoms with E-state index in [0.717, 1.165) is 23.4 Å². The van der Waals surface area contributed by atoms with E-state index in [9.17, 15) is 0 Å². The molecule has 0 aliphatic carbocycles. The number of methoxy groups -OCH3 is 2. The summed E-state index contributed by atoms with van der Waals surface area (Å²) in [7, 11) is 3.38. The molecule has 17 heavy (non-hydrogen) atoms. The summed E-state index contributed by atoms with van der Waals surface area (Å²) in [5, 5.41) is 3.38. The fourth-order valence-corrected chi connectivity index (χ4v) is 2.01. The number of hydrogen-bond donors (Lipinski definition) is 1. The molecule has 0 radical (unpaired) electrons. The average Bonchev–Trinajstić information content (AvgIpc) is 2.27. The monoisotopic (exact) mass is 367 g/mol. The first-order valence-electron chi connectivity index (χ1n) is 5.22. The lowest BCUT2D eigenvalue weighted by Crippen LogP contribution is -2.29. The minimum atomic E-state index is 0. The van der Waals surface area contributed by atoms with Crippen molar-refractivity contribution in [2.75, 3.05) is 20.8 Å². The predicted molar refractivity (Wildman–Crippen MR) is 79.2 cm³/mol. The molecule has 0 saturated heterocycles. The highest BCUT2D eigenvalue weighted by Gasteiger charge is 2.03. The van der Waals surface area contributed by atoms with Crippen molar-refractivity contribution in [2.45, 2.75) is 19.5 Å². The molecule has 5 heteroatoms. The zero-order valence-electron chi connectivity index (χ0n) is 10.3. The summed E-state index contributed by atoms with van der Waals surface area (Å²) in [5.41, 5.74) is 1.22. The Kier molecular flexibility index (Phi) is 8.86. The molecule has 0 bridgehead atoms. The van der Waals surface area contributed by atoms with E-state index in [1.165, 1.54) is 5.56 Å². The van der Waals surface area contributed by atoms with Gasteiger partial charge in [-0.1, -0.05) is 6.07 Å². The van der Waals surface area contributed by atoms with Gasteiger partial charge in [0.15, 0.2) is 0 Å². The minimum absolute atomic E-state index is 0. The van der Waals surface area contributed by atoms with Gasteiger partial charge in [0.05, 0.1) is 18.2 Å². The van der Waals surface area contributed by atoms with Gasteiger partial charge in [0.2, 0.25) is 0 Å². The molecule has 1 N–H and O–H groups in total. The molecule has 0 fully saturated rings. The largest absolute Gasteiger partial charge is 0.496 e. The molecular weight excluding hydrogens is 350 g/mol. The smallest absolute Gasteiger partial charge is 0.133 e. The van der Waals surface area contributed by atoms with E-state index >= 15 is 0 Å². The first-order valence-corrected chi connectivity index (χ1v) is 6.01. The van der Waals surface area contributed by atoms with Crippen LogP contribution in [0.1, 0.15) is 12.5 Å². The number of halogens is 2. The molecule has 0 aromatic heterocycles. The van der Waals surface area contributed by atoms with Crippen molar-refractivity contribution in [3.8, 4) is 5.75 Å². The number of rotatable bonds is 6. The van der Waals surface area contributed by atoms with E-state index in [4.69, 9.17) is 9.47 Å². The molecule has 0 heterocycles. The van der Waals surface area contributed by atoms with Gasteiger partial charge in [-0.25, -0.2) is 0 Å². The van der Waals surface area contributed by atoms with Crippen LogP contribution in [0, 0.1) is 0 Å². The Labute approximate surface area is 122 Å². The van der Waals surface area contributed by atoms with Crippen molar-refractivity contribution in [2.24, 2.45) is 0 Å². The molecule has 0 saturated carbocycles. The number of nitrogens with one attached hydrogen (secondary N) is 1. The summed E-state index contributed by atoms with van der Waals surface area (Å²) in [6.07, 6.45) is 0. The highest BCUT2D eigenvalue weighted by molar-refractivity contribution is 9.10. The lowest BCUT2D eigenvalue weighted by molar-refractivity contribution is 0.171. The van der Waals surface area contributed by atoms with Crippen molar-refractivity contribution >= 4 is 32.9 Å². The van der Waals surface area contributed by atoms with E-state index in [2.05, 4.69) is 40.3 Å². The first kappa shape index (κ1) is 16.9. The van der Waals surface area contributed by atoms with Gasteiger partial charge in [-0.05, 0) is 40.5 Å². The van der Waals surface area contributed by atoms with Crippen LogP contribution in [0.3, 0.4) is 0 Å². The molecule has 0 amide bonds. The molecule has 1 aromatic rings. The van der Waals surface area contributed by atoms with E-state index in [1.54, 1.807) is 14.2 Å². The topological polar surface area (TPSA) is 30.5 Å². The Morgan fingerprint density at radius 2 is 2.06 bits per heavy atom. The third-order valence-electron chi connectivity index (χ3n) is 2.29. The van der Waals surface area contributed by atoms with E-state index in [1.807, 2.05) is 6.07 Å². The van der Waals surface area contributed by atoms with Gasteiger partial charge in [-0.2, -0.15) is 0 Å². The molecule has 0 spiro atoms. The zero-order valence-corrected chi connectivity index (χ0v) is 13.6. The van der Waals surface area contributed by atoms with Crippen molar-refractivity contribution < 1.29 is 9.47 Å². The Morgan fingerprint density at radius 1 is 1.35 bits per heavy atom. The molecule has 0 aliphatic heterocycles. The molecular formula is C12H19Br2NO2. The summed E-state index contributed by atoms with van der Waals surface area (Å²) in [6.45, 7) is 3.65. The average molecular weight is 369 g/mol. The Balaban J connectivity index is 0.00000256. The molecule has 1 aromatic carbocycles. The van der Waals surface area contributed by atoms with Crippen LogP contribution in [-0.2, 0) is 11.3 Å². The van der Waals surface area contributed by atoms with Gasteiger partial charge in [-0.15, -0.1) is 17.0 Å². The zero-order chi connectivity index (χ0) is 12.0. The van der Waals surface area contributed by atoms with Crippen LogP contribution in [0.4, 0.5) is 0 Å². The lowest BCUT2D eigenvalue weighted by Gasteiger charge is -2.13. The van der Waals surface area contributed by atoms with Crippen LogP contribution in [-0.4, -0.2) is 26.9 Å². The van der Waals surface area contributed by atoms with Gasteiger partial charge in [-0.3, -0.25) is 0 Å². The van der Waals surface area contributed by atoms with Crippen molar-refractivity contribution in [3.05, 3.63) is 28.2 Å². The molecule has 0 aliphatic rings. The molecule has 1 rings (SSSR count). The van der Waals surface area contributed by atoms with Crippen molar-refractivity contribution in [3.63, 3.8) is 0 Å². The van der Waals surface area contributed by atoms with Crippen molar-refractivity contribution in [1.82, 2.24) is 5.32 Å². The Morgan fingerprint density at radius 3 is 2.59 bits per heavy atom.